The zero-order chi connectivity index (χ0) is 20.9. The van der Waals surface area contributed by atoms with Gasteiger partial charge >= 0.3 is 5.97 Å². The molecule has 1 N–H and O–H groups in total. The first-order chi connectivity index (χ1) is 13.2. The molecule has 0 fully saturated rings. The Kier molecular flexibility index (Phi) is 6.64. The van der Waals surface area contributed by atoms with E-state index in [-0.39, 0.29) is 5.56 Å². The monoisotopic (exact) mass is 388 g/mol. The molecule has 1 atom stereocenters. The van der Waals surface area contributed by atoms with Crippen LogP contribution < -0.4 is 14.2 Å². The summed E-state index contributed by atoms with van der Waals surface area (Å²) in [5.74, 6) is -2.41. The van der Waals surface area contributed by atoms with Gasteiger partial charge < -0.3 is 24.1 Å². The van der Waals surface area contributed by atoms with Gasteiger partial charge in [-0.25, -0.2) is 0 Å². The summed E-state index contributed by atoms with van der Waals surface area (Å²) in [7, 11) is 4.17. The predicted molar refractivity (Wildman–Crippen MR) is 102 cm³/mol. The number of methoxy groups -OCH3 is 3. The molecule has 0 heterocycles. The molecule has 1 unspecified atom stereocenters. The first kappa shape index (κ1) is 21.2. The number of aliphatic hydroxyl groups is 1. The molecule has 2 rings (SSSR count). The SMILES string of the molecule is COC(=O)C(C(=O)c1cc(OC)cc(OC)c1)c1ccc(OC(C)(C)O)cc1. The molecule has 28 heavy (non-hydrogen) atoms. The summed E-state index contributed by atoms with van der Waals surface area (Å²) in [5, 5.41) is 9.74. The quantitative estimate of drug-likeness (QED) is 0.322. The average molecular weight is 388 g/mol. The van der Waals surface area contributed by atoms with Crippen molar-refractivity contribution in [3.63, 3.8) is 0 Å². The number of Topliss-reactive ketones (excluding diaryl/α,β-unsaturated/α-hetero) is 1. The Labute approximate surface area is 163 Å². The van der Waals surface area contributed by atoms with E-state index in [4.69, 9.17) is 18.9 Å². The van der Waals surface area contributed by atoms with Crippen molar-refractivity contribution in [1.29, 1.82) is 0 Å². The van der Waals surface area contributed by atoms with Crippen LogP contribution in [0.25, 0.3) is 0 Å². The van der Waals surface area contributed by atoms with Gasteiger partial charge in [0, 0.05) is 25.5 Å². The lowest BCUT2D eigenvalue weighted by Crippen LogP contribution is -2.27. The molecular formula is C21H24O7. The van der Waals surface area contributed by atoms with Crippen LogP contribution in [0.2, 0.25) is 0 Å². The zero-order valence-corrected chi connectivity index (χ0v) is 16.5. The number of carbonyl (C=O) groups is 2. The van der Waals surface area contributed by atoms with Crippen molar-refractivity contribution in [3.8, 4) is 17.2 Å². The Morgan fingerprint density at radius 2 is 1.43 bits per heavy atom. The summed E-state index contributed by atoms with van der Waals surface area (Å²) in [6.07, 6.45) is 0. The Morgan fingerprint density at radius 1 is 0.893 bits per heavy atom. The van der Waals surface area contributed by atoms with Gasteiger partial charge in [-0.15, -0.1) is 0 Å². The van der Waals surface area contributed by atoms with Crippen molar-refractivity contribution < 1.29 is 33.6 Å². The van der Waals surface area contributed by atoms with Gasteiger partial charge in [0.1, 0.15) is 23.2 Å². The van der Waals surface area contributed by atoms with Gasteiger partial charge in [0.15, 0.2) is 5.78 Å². The molecule has 0 saturated carbocycles. The van der Waals surface area contributed by atoms with Gasteiger partial charge in [0.25, 0.3) is 0 Å². The van der Waals surface area contributed by atoms with Gasteiger partial charge in [-0.1, -0.05) is 12.1 Å². The second-order valence-electron chi connectivity index (χ2n) is 6.54. The minimum Gasteiger partial charge on any atom is -0.497 e. The molecule has 2 aromatic rings. The van der Waals surface area contributed by atoms with E-state index in [1.54, 1.807) is 30.3 Å². The molecule has 0 aliphatic rings. The molecule has 0 aliphatic carbocycles. The third-order valence-corrected chi connectivity index (χ3v) is 3.92. The lowest BCUT2D eigenvalue weighted by molar-refractivity contribution is -0.141. The third-order valence-electron chi connectivity index (χ3n) is 3.92. The summed E-state index contributed by atoms with van der Waals surface area (Å²) in [6.45, 7) is 3.00. The summed E-state index contributed by atoms with van der Waals surface area (Å²) in [5.41, 5.74) is 0.685. The number of benzene rings is 2. The minimum atomic E-state index is -1.35. The maximum absolute atomic E-state index is 13.1. The van der Waals surface area contributed by atoms with E-state index in [1.807, 2.05) is 0 Å². The first-order valence-electron chi connectivity index (χ1n) is 8.55. The average Bonchev–Trinajstić information content (AvgIpc) is 2.67. The topological polar surface area (TPSA) is 91.3 Å². The van der Waals surface area contributed by atoms with Gasteiger partial charge in [-0.3, -0.25) is 9.59 Å². The molecule has 0 saturated heterocycles. The number of hydrogen-bond donors (Lipinski definition) is 1. The Hall–Kier alpha value is -3.06. The van der Waals surface area contributed by atoms with Crippen LogP contribution in [0.15, 0.2) is 42.5 Å². The highest BCUT2D eigenvalue weighted by Gasteiger charge is 2.31. The van der Waals surface area contributed by atoms with Crippen LogP contribution in [0.5, 0.6) is 17.2 Å². The van der Waals surface area contributed by atoms with Crippen LogP contribution in [0.3, 0.4) is 0 Å². The van der Waals surface area contributed by atoms with Gasteiger partial charge in [-0.05, 0) is 29.8 Å². The standard InChI is InChI=1S/C21H24O7/c1-21(2,24)28-15-8-6-13(7-9-15)18(20(23)27-5)19(22)14-10-16(25-3)12-17(11-14)26-4/h6-12,18,24H,1-5H3. The van der Waals surface area contributed by atoms with Crippen LogP contribution in [-0.4, -0.2) is 44.0 Å². The molecule has 150 valence electrons. The van der Waals surface area contributed by atoms with Crippen molar-refractivity contribution in [2.45, 2.75) is 25.6 Å². The molecule has 0 spiro atoms. The van der Waals surface area contributed by atoms with Crippen molar-refractivity contribution >= 4 is 11.8 Å². The Balaban J connectivity index is 2.41. The van der Waals surface area contributed by atoms with Crippen molar-refractivity contribution in [2.24, 2.45) is 0 Å². The van der Waals surface area contributed by atoms with Gasteiger partial charge in [0.05, 0.1) is 21.3 Å². The molecule has 0 aliphatic heterocycles. The zero-order valence-electron chi connectivity index (χ0n) is 16.5. The number of ether oxygens (including phenoxy) is 4. The first-order valence-corrected chi connectivity index (χ1v) is 8.55. The van der Waals surface area contributed by atoms with E-state index >= 15 is 0 Å². The van der Waals surface area contributed by atoms with E-state index in [9.17, 15) is 14.7 Å². The van der Waals surface area contributed by atoms with Crippen LogP contribution in [-0.2, 0) is 9.53 Å². The molecule has 0 aromatic heterocycles. The van der Waals surface area contributed by atoms with E-state index in [2.05, 4.69) is 0 Å². The van der Waals surface area contributed by atoms with Gasteiger partial charge in [-0.2, -0.15) is 0 Å². The minimum absolute atomic E-state index is 0.253. The smallest absolute Gasteiger partial charge is 0.321 e. The number of ketones is 1. The molecule has 0 amide bonds. The summed E-state index contributed by atoms with van der Waals surface area (Å²) >= 11 is 0. The number of hydrogen-bond acceptors (Lipinski definition) is 7. The highest BCUT2D eigenvalue weighted by molar-refractivity contribution is 6.13. The fourth-order valence-electron chi connectivity index (χ4n) is 2.65. The van der Waals surface area contributed by atoms with Crippen LogP contribution in [0, 0.1) is 0 Å². The number of carbonyl (C=O) groups excluding carboxylic acids is 2. The highest BCUT2D eigenvalue weighted by atomic mass is 16.6. The van der Waals surface area contributed by atoms with E-state index in [1.165, 1.54) is 47.3 Å². The summed E-state index contributed by atoms with van der Waals surface area (Å²) in [6, 6.07) is 11.0. The maximum Gasteiger partial charge on any atom is 0.321 e. The lowest BCUT2D eigenvalue weighted by Gasteiger charge is -2.20. The Bertz CT molecular complexity index is 813. The fourth-order valence-corrected chi connectivity index (χ4v) is 2.65. The predicted octanol–water partition coefficient (Wildman–Crippen LogP) is 2.95. The third kappa shape index (κ3) is 5.23. The van der Waals surface area contributed by atoms with Crippen molar-refractivity contribution in [2.75, 3.05) is 21.3 Å². The fraction of sp³-hybridized carbons (Fsp3) is 0.333. The second kappa shape index (κ2) is 8.75. The van der Waals surface area contributed by atoms with Crippen LogP contribution >= 0.6 is 0 Å². The lowest BCUT2D eigenvalue weighted by atomic mass is 9.90. The number of rotatable bonds is 8. The van der Waals surface area contributed by atoms with E-state index in [0.29, 0.717) is 22.8 Å². The van der Waals surface area contributed by atoms with Crippen LogP contribution in [0.4, 0.5) is 0 Å². The van der Waals surface area contributed by atoms with E-state index < -0.39 is 23.5 Å². The largest absolute Gasteiger partial charge is 0.497 e. The molecule has 7 heteroatoms. The summed E-state index contributed by atoms with van der Waals surface area (Å²) < 4.78 is 20.6. The molecule has 7 nitrogen and oxygen atoms in total. The normalized spacial score (nSPS) is 12.1. The number of esters is 1. The molecular weight excluding hydrogens is 364 g/mol. The molecule has 2 aromatic carbocycles. The van der Waals surface area contributed by atoms with E-state index in [0.717, 1.165) is 0 Å². The second-order valence-corrected chi connectivity index (χ2v) is 6.54. The summed E-state index contributed by atoms with van der Waals surface area (Å²) in [4.78, 5) is 25.5. The molecule has 0 bridgehead atoms. The van der Waals surface area contributed by atoms with Crippen molar-refractivity contribution in [3.05, 3.63) is 53.6 Å². The molecule has 0 radical (unpaired) electrons. The Morgan fingerprint density at radius 3 is 1.86 bits per heavy atom. The highest BCUT2D eigenvalue weighted by Crippen LogP contribution is 2.29. The van der Waals surface area contributed by atoms with Gasteiger partial charge in [0.2, 0.25) is 5.79 Å². The maximum atomic E-state index is 13.1. The van der Waals surface area contributed by atoms with Crippen molar-refractivity contribution in [1.82, 2.24) is 0 Å². The van der Waals surface area contributed by atoms with Crippen LogP contribution in [0.1, 0.15) is 35.7 Å².